The van der Waals surface area contributed by atoms with Crippen LogP contribution in [0.15, 0.2) is 18.2 Å². The summed E-state index contributed by atoms with van der Waals surface area (Å²) in [5, 5.41) is 9.04. The first-order chi connectivity index (χ1) is 9.67. The highest BCUT2D eigenvalue weighted by Gasteiger charge is 2.17. The summed E-state index contributed by atoms with van der Waals surface area (Å²) in [7, 11) is 4.62. The fourth-order valence-electron chi connectivity index (χ4n) is 1.79. The second kappa shape index (κ2) is 8.39. The zero-order chi connectivity index (χ0) is 15.0. The Morgan fingerprint density at radius 1 is 1.15 bits per heavy atom. The number of aliphatic hydroxyl groups excluding tert-OH is 1. The highest BCUT2D eigenvalue weighted by atomic mass is 16.5. The Labute approximate surface area is 118 Å². The van der Waals surface area contributed by atoms with Crippen LogP contribution < -0.4 is 9.47 Å². The smallest absolute Gasteiger partial charge is 0.254 e. The fraction of sp³-hybridized carbons (Fsp3) is 0.500. The Morgan fingerprint density at radius 3 is 2.40 bits per heavy atom. The van der Waals surface area contributed by atoms with Crippen LogP contribution in [0.1, 0.15) is 10.4 Å². The number of nitrogens with zero attached hydrogens (tertiary/aromatic N) is 1. The monoisotopic (exact) mass is 283 g/mol. The van der Waals surface area contributed by atoms with E-state index in [1.165, 1.54) is 19.1 Å². The lowest BCUT2D eigenvalue weighted by Crippen LogP contribution is -2.36. The van der Waals surface area contributed by atoms with E-state index >= 15 is 0 Å². The van der Waals surface area contributed by atoms with E-state index in [0.29, 0.717) is 30.2 Å². The minimum absolute atomic E-state index is 0.0945. The number of carbonyl (C=O) groups is 1. The molecule has 0 unspecified atom stereocenters. The number of hydrogen-bond acceptors (Lipinski definition) is 5. The number of benzene rings is 1. The molecule has 0 atom stereocenters. The summed E-state index contributed by atoms with van der Waals surface area (Å²) in [5.74, 6) is 0.876. The van der Waals surface area contributed by atoms with E-state index in [1.807, 2.05) is 0 Å². The van der Waals surface area contributed by atoms with Crippen molar-refractivity contribution < 1.29 is 24.1 Å². The molecule has 0 spiro atoms. The van der Waals surface area contributed by atoms with Crippen molar-refractivity contribution in [2.75, 3.05) is 47.6 Å². The molecule has 0 saturated heterocycles. The van der Waals surface area contributed by atoms with Crippen molar-refractivity contribution in [2.45, 2.75) is 0 Å². The molecule has 1 N–H and O–H groups in total. The second-order valence-electron chi connectivity index (χ2n) is 4.08. The van der Waals surface area contributed by atoms with Crippen LogP contribution in [0.5, 0.6) is 11.5 Å². The number of ether oxygens (including phenoxy) is 3. The molecule has 1 aromatic rings. The van der Waals surface area contributed by atoms with Crippen molar-refractivity contribution in [3.63, 3.8) is 0 Å². The molecule has 0 fully saturated rings. The Morgan fingerprint density at radius 2 is 1.85 bits per heavy atom. The highest BCUT2D eigenvalue weighted by molar-refractivity contribution is 5.95. The molecule has 1 aromatic carbocycles. The van der Waals surface area contributed by atoms with Gasteiger partial charge in [-0.1, -0.05) is 0 Å². The Balaban J connectivity index is 2.93. The van der Waals surface area contributed by atoms with Crippen LogP contribution in [0, 0.1) is 0 Å². The highest BCUT2D eigenvalue weighted by Crippen LogP contribution is 2.27. The minimum Gasteiger partial charge on any atom is -0.493 e. The van der Waals surface area contributed by atoms with Crippen LogP contribution in [0.4, 0.5) is 0 Å². The molecule has 0 aliphatic heterocycles. The van der Waals surface area contributed by atoms with Gasteiger partial charge in [-0.2, -0.15) is 0 Å². The summed E-state index contributed by atoms with van der Waals surface area (Å²) in [5.41, 5.74) is 0.479. The molecule has 0 aliphatic carbocycles. The van der Waals surface area contributed by atoms with Gasteiger partial charge in [0.25, 0.3) is 5.91 Å². The third-order valence-electron chi connectivity index (χ3n) is 2.85. The van der Waals surface area contributed by atoms with Crippen LogP contribution >= 0.6 is 0 Å². The van der Waals surface area contributed by atoms with Crippen molar-refractivity contribution in [2.24, 2.45) is 0 Å². The molecule has 0 saturated carbocycles. The molecule has 0 radical (unpaired) electrons. The van der Waals surface area contributed by atoms with E-state index in [2.05, 4.69) is 0 Å². The first-order valence-electron chi connectivity index (χ1n) is 6.29. The Hall–Kier alpha value is -1.79. The summed E-state index contributed by atoms with van der Waals surface area (Å²) >= 11 is 0. The van der Waals surface area contributed by atoms with Crippen LogP contribution in [-0.2, 0) is 4.74 Å². The van der Waals surface area contributed by atoms with Gasteiger partial charge in [0.05, 0.1) is 27.4 Å². The molecule has 0 bridgehead atoms. The van der Waals surface area contributed by atoms with Crippen molar-refractivity contribution in [3.05, 3.63) is 23.8 Å². The normalized spacial score (nSPS) is 10.2. The van der Waals surface area contributed by atoms with Gasteiger partial charge in [0, 0.05) is 25.8 Å². The van der Waals surface area contributed by atoms with Gasteiger partial charge < -0.3 is 24.2 Å². The summed E-state index contributed by atoms with van der Waals surface area (Å²) in [6, 6.07) is 4.97. The van der Waals surface area contributed by atoms with Gasteiger partial charge in [-0.05, 0) is 18.2 Å². The van der Waals surface area contributed by atoms with Crippen LogP contribution in [-0.4, -0.2) is 63.5 Å². The lowest BCUT2D eigenvalue weighted by molar-refractivity contribution is 0.0656. The molecule has 0 heterocycles. The molecule has 1 rings (SSSR count). The van der Waals surface area contributed by atoms with Crippen molar-refractivity contribution in [1.29, 1.82) is 0 Å². The predicted octanol–water partition coefficient (Wildman–Crippen LogP) is 0.785. The number of aliphatic hydroxyl groups is 1. The van der Waals surface area contributed by atoms with Crippen molar-refractivity contribution >= 4 is 5.91 Å². The van der Waals surface area contributed by atoms with Gasteiger partial charge in [0.15, 0.2) is 11.5 Å². The predicted molar refractivity (Wildman–Crippen MR) is 74.4 cm³/mol. The second-order valence-corrected chi connectivity index (χ2v) is 4.08. The van der Waals surface area contributed by atoms with Gasteiger partial charge in [-0.25, -0.2) is 0 Å². The van der Waals surface area contributed by atoms with Gasteiger partial charge in [-0.3, -0.25) is 4.79 Å². The number of amides is 1. The number of carbonyl (C=O) groups excluding carboxylic acids is 1. The van der Waals surface area contributed by atoms with E-state index in [1.54, 1.807) is 25.3 Å². The third-order valence-corrected chi connectivity index (χ3v) is 2.85. The lowest BCUT2D eigenvalue weighted by atomic mass is 10.1. The van der Waals surface area contributed by atoms with Crippen LogP contribution in [0.2, 0.25) is 0 Å². The number of rotatable bonds is 8. The topological polar surface area (TPSA) is 68.2 Å². The Kier molecular flexibility index (Phi) is 6.83. The standard InChI is InChI=1S/C14H21NO5/c1-18-9-7-15(6-8-16)14(17)11-4-5-12(19-2)13(10-11)20-3/h4-5,10,16H,6-9H2,1-3H3. The SMILES string of the molecule is COCCN(CCO)C(=O)c1ccc(OC)c(OC)c1. The molecular formula is C14H21NO5. The summed E-state index contributed by atoms with van der Waals surface area (Å²) in [4.78, 5) is 13.9. The van der Waals surface area contributed by atoms with Crippen molar-refractivity contribution in [1.82, 2.24) is 4.90 Å². The van der Waals surface area contributed by atoms with Gasteiger partial charge >= 0.3 is 0 Å². The quantitative estimate of drug-likeness (QED) is 0.764. The van der Waals surface area contributed by atoms with Crippen LogP contribution in [0.3, 0.4) is 0 Å². The fourth-order valence-corrected chi connectivity index (χ4v) is 1.79. The summed E-state index contributed by atoms with van der Waals surface area (Å²) in [6.45, 7) is 1.00. The van der Waals surface area contributed by atoms with E-state index in [-0.39, 0.29) is 19.1 Å². The molecule has 0 aliphatic rings. The van der Waals surface area contributed by atoms with Gasteiger partial charge in [0.2, 0.25) is 0 Å². The average molecular weight is 283 g/mol. The third kappa shape index (κ3) is 4.11. The molecule has 0 aromatic heterocycles. The molecule has 112 valence electrons. The first kappa shape index (κ1) is 16.3. The van der Waals surface area contributed by atoms with E-state index < -0.39 is 0 Å². The van der Waals surface area contributed by atoms with Gasteiger partial charge in [-0.15, -0.1) is 0 Å². The maximum Gasteiger partial charge on any atom is 0.254 e. The van der Waals surface area contributed by atoms with Crippen molar-refractivity contribution in [3.8, 4) is 11.5 Å². The zero-order valence-electron chi connectivity index (χ0n) is 12.1. The van der Waals surface area contributed by atoms with Gasteiger partial charge in [0.1, 0.15) is 0 Å². The lowest BCUT2D eigenvalue weighted by Gasteiger charge is -2.21. The van der Waals surface area contributed by atoms with E-state index in [4.69, 9.17) is 19.3 Å². The maximum atomic E-state index is 12.4. The molecule has 20 heavy (non-hydrogen) atoms. The summed E-state index contributed by atoms with van der Waals surface area (Å²) in [6.07, 6.45) is 0. The molecule has 6 heteroatoms. The maximum absolute atomic E-state index is 12.4. The Bertz CT molecular complexity index is 436. The van der Waals surface area contributed by atoms with Crippen LogP contribution in [0.25, 0.3) is 0 Å². The molecule has 6 nitrogen and oxygen atoms in total. The average Bonchev–Trinajstić information content (AvgIpc) is 2.49. The number of hydrogen-bond donors (Lipinski definition) is 1. The number of methoxy groups -OCH3 is 3. The zero-order valence-corrected chi connectivity index (χ0v) is 12.1. The molecule has 1 amide bonds. The largest absolute Gasteiger partial charge is 0.493 e. The molecular weight excluding hydrogens is 262 g/mol. The first-order valence-corrected chi connectivity index (χ1v) is 6.29. The summed E-state index contributed by atoms with van der Waals surface area (Å²) < 4.78 is 15.3. The minimum atomic E-state index is -0.183. The van der Waals surface area contributed by atoms with E-state index in [0.717, 1.165) is 0 Å². The van der Waals surface area contributed by atoms with E-state index in [9.17, 15) is 4.79 Å².